The molecule has 2 aromatic carbocycles. The van der Waals surface area contributed by atoms with Crippen LogP contribution >= 0.6 is 0 Å². The van der Waals surface area contributed by atoms with Gasteiger partial charge in [-0.05, 0) is 11.6 Å². The van der Waals surface area contributed by atoms with Gasteiger partial charge in [0.2, 0.25) is 0 Å². The summed E-state index contributed by atoms with van der Waals surface area (Å²) in [5, 5.41) is 0. The number of benzene rings is 2. The molecular formula is C13H8F2O2. The number of halogens is 2. The molecule has 1 heterocycles. The molecule has 0 saturated carbocycles. The van der Waals surface area contributed by atoms with Crippen molar-refractivity contribution in [1.82, 2.24) is 0 Å². The average molecular weight is 234 g/mol. The van der Waals surface area contributed by atoms with Gasteiger partial charge in [-0.15, -0.1) is 8.78 Å². The summed E-state index contributed by atoms with van der Waals surface area (Å²) in [6, 6.07) is 14.0. The van der Waals surface area contributed by atoms with Crippen LogP contribution in [-0.2, 0) is 0 Å². The van der Waals surface area contributed by atoms with Gasteiger partial charge in [0, 0.05) is 5.56 Å². The molecule has 0 spiro atoms. The number of para-hydroxylation sites is 1. The highest BCUT2D eigenvalue weighted by molar-refractivity contribution is 5.74. The first kappa shape index (κ1) is 10.1. The monoisotopic (exact) mass is 234 g/mol. The quantitative estimate of drug-likeness (QED) is 0.749. The summed E-state index contributed by atoms with van der Waals surface area (Å²) in [5.74, 6) is 0.153. The van der Waals surface area contributed by atoms with Crippen molar-refractivity contribution in [3.8, 4) is 22.6 Å². The van der Waals surface area contributed by atoms with Gasteiger partial charge in [0.1, 0.15) is 0 Å². The molecule has 4 heteroatoms. The number of ether oxygens (including phenoxy) is 2. The fourth-order valence-electron chi connectivity index (χ4n) is 1.81. The van der Waals surface area contributed by atoms with Crippen LogP contribution in [0, 0.1) is 0 Å². The molecule has 86 valence electrons. The summed E-state index contributed by atoms with van der Waals surface area (Å²) in [6.07, 6.45) is -3.58. The highest BCUT2D eigenvalue weighted by Gasteiger charge is 2.44. The summed E-state index contributed by atoms with van der Waals surface area (Å²) < 4.78 is 34.9. The molecule has 2 aromatic rings. The van der Waals surface area contributed by atoms with Crippen molar-refractivity contribution in [3.05, 3.63) is 48.5 Å². The van der Waals surface area contributed by atoms with Crippen LogP contribution in [0.25, 0.3) is 11.1 Å². The van der Waals surface area contributed by atoms with E-state index in [0.717, 1.165) is 5.56 Å². The molecule has 0 radical (unpaired) electrons. The standard InChI is InChI=1S/C13H8F2O2/c14-13(15)16-11-8-4-7-10(12(11)17-13)9-5-2-1-3-6-9/h1-8H. The number of hydrogen-bond acceptors (Lipinski definition) is 2. The molecular weight excluding hydrogens is 226 g/mol. The van der Waals surface area contributed by atoms with Crippen molar-refractivity contribution in [2.45, 2.75) is 6.29 Å². The minimum absolute atomic E-state index is 0.0661. The third-order valence-electron chi connectivity index (χ3n) is 2.51. The largest absolute Gasteiger partial charge is 0.586 e. The molecule has 0 aliphatic carbocycles. The van der Waals surface area contributed by atoms with Gasteiger partial charge in [-0.25, -0.2) is 0 Å². The lowest BCUT2D eigenvalue weighted by Crippen LogP contribution is -2.26. The van der Waals surface area contributed by atoms with E-state index in [2.05, 4.69) is 9.47 Å². The Morgan fingerprint density at radius 2 is 1.59 bits per heavy atom. The zero-order valence-corrected chi connectivity index (χ0v) is 8.69. The maximum Gasteiger partial charge on any atom is 0.586 e. The van der Waals surface area contributed by atoms with E-state index in [9.17, 15) is 8.78 Å². The predicted molar refractivity (Wildman–Crippen MR) is 58.1 cm³/mol. The third kappa shape index (κ3) is 1.71. The van der Waals surface area contributed by atoms with Crippen LogP contribution in [0.2, 0.25) is 0 Å². The van der Waals surface area contributed by atoms with Crippen LogP contribution in [0.4, 0.5) is 8.78 Å². The molecule has 0 atom stereocenters. The second kappa shape index (κ2) is 3.45. The Morgan fingerprint density at radius 1 is 0.824 bits per heavy atom. The fraction of sp³-hybridized carbons (Fsp3) is 0.0769. The molecule has 1 aliphatic rings. The Balaban J connectivity index is 2.13. The predicted octanol–water partition coefficient (Wildman–Crippen LogP) is 3.68. The smallest absolute Gasteiger partial charge is 0.395 e. The highest BCUT2D eigenvalue weighted by atomic mass is 19.3. The van der Waals surface area contributed by atoms with Crippen molar-refractivity contribution in [3.63, 3.8) is 0 Å². The summed E-state index contributed by atoms with van der Waals surface area (Å²) in [7, 11) is 0. The molecule has 0 saturated heterocycles. The maximum absolute atomic E-state index is 13.0. The van der Waals surface area contributed by atoms with Crippen LogP contribution in [0.3, 0.4) is 0 Å². The molecule has 0 bridgehead atoms. The normalized spacial score (nSPS) is 15.9. The number of hydrogen-bond donors (Lipinski definition) is 0. The van der Waals surface area contributed by atoms with Gasteiger partial charge in [0.25, 0.3) is 0 Å². The van der Waals surface area contributed by atoms with Gasteiger partial charge in [-0.2, -0.15) is 0 Å². The molecule has 2 nitrogen and oxygen atoms in total. The van der Waals surface area contributed by atoms with E-state index in [1.807, 2.05) is 30.3 Å². The Morgan fingerprint density at radius 3 is 2.35 bits per heavy atom. The van der Waals surface area contributed by atoms with Crippen molar-refractivity contribution in [2.24, 2.45) is 0 Å². The maximum atomic E-state index is 13.0. The first-order chi connectivity index (χ1) is 8.16. The molecule has 0 N–H and O–H groups in total. The van der Waals surface area contributed by atoms with Gasteiger partial charge in [0.15, 0.2) is 11.5 Å². The lowest BCUT2D eigenvalue weighted by Gasteiger charge is -2.07. The van der Waals surface area contributed by atoms with Crippen molar-refractivity contribution >= 4 is 0 Å². The minimum atomic E-state index is -3.58. The van der Waals surface area contributed by atoms with Crippen molar-refractivity contribution in [2.75, 3.05) is 0 Å². The first-order valence-corrected chi connectivity index (χ1v) is 5.10. The van der Waals surface area contributed by atoms with E-state index in [1.165, 1.54) is 6.07 Å². The lowest BCUT2D eigenvalue weighted by molar-refractivity contribution is -0.286. The Kier molecular flexibility index (Phi) is 2.04. The Bertz CT molecular complexity index is 553. The molecule has 3 rings (SSSR count). The first-order valence-electron chi connectivity index (χ1n) is 5.10. The topological polar surface area (TPSA) is 18.5 Å². The molecule has 0 unspecified atom stereocenters. The van der Waals surface area contributed by atoms with Crippen LogP contribution < -0.4 is 9.47 Å². The molecule has 1 aliphatic heterocycles. The van der Waals surface area contributed by atoms with Crippen LogP contribution in [0.1, 0.15) is 0 Å². The van der Waals surface area contributed by atoms with E-state index >= 15 is 0 Å². The number of rotatable bonds is 1. The van der Waals surface area contributed by atoms with Gasteiger partial charge in [-0.3, -0.25) is 0 Å². The number of alkyl halides is 2. The van der Waals surface area contributed by atoms with Gasteiger partial charge >= 0.3 is 6.29 Å². The summed E-state index contributed by atoms with van der Waals surface area (Å²) >= 11 is 0. The van der Waals surface area contributed by atoms with E-state index in [0.29, 0.717) is 5.56 Å². The molecule has 17 heavy (non-hydrogen) atoms. The highest BCUT2D eigenvalue weighted by Crippen LogP contribution is 2.46. The minimum Gasteiger partial charge on any atom is -0.395 e. The third-order valence-corrected chi connectivity index (χ3v) is 2.51. The van der Waals surface area contributed by atoms with E-state index in [1.54, 1.807) is 12.1 Å². The van der Waals surface area contributed by atoms with Gasteiger partial charge in [-0.1, -0.05) is 42.5 Å². The summed E-state index contributed by atoms with van der Waals surface area (Å²) in [4.78, 5) is 0. The van der Waals surface area contributed by atoms with E-state index in [4.69, 9.17) is 0 Å². The van der Waals surface area contributed by atoms with Crippen molar-refractivity contribution in [1.29, 1.82) is 0 Å². The summed E-state index contributed by atoms with van der Waals surface area (Å²) in [5.41, 5.74) is 1.41. The Labute approximate surface area is 96.4 Å². The van der Waals surface area contributed by atoms with Crippen molar-refractivity contribution < 1.29 is 18.3 Å². The second-order valence-electron chi connectivity index (χ2n) is 3.67. The number of fused-ring (bicyclic) bond motifs is 1. The van der Waals surface area contributed by atoms with E-state index in [-0.39, 0.29) is 11.5 Å². The zero-order valence-electron chi connectivity index (χ0n) is 8.69. The summed E-state index contributed by atoms with van der Waals surface area (Å²) in [6.45, 7) is 0. The average Bonchev–Trinajstić information content (AvgIpc) is 2.63. The fourth-order valence-corrected chi connectivity index (χ4v) is 1.81. The second-order valence-corrected chi connectivity index (χ2v) is 3.67. The Hall–Kier alpha value is -2.10. The lowest BCUT2D eigenvalue weighted by atomic mass is 10.0. The van der Waals surface area contributed by atoms with Crippen LogP contribution in [0.15, 0.2) is 48.5 Å². The van der Waals surface area contributed by atoms with Crippen LogP contribution in [-0.4, -0.2) is 6.29 Å². The zero-order chi connectivity index (χ0) is 11.9. The van der Waals surface area contributed by atoms with E-state index < -0.39 is 6.29 Å². The molecule has 0 amide bonds. The SMILES string of the molecule is FC1(F)Oc2cccc(-c3ccccc3)c2O1. The molecule has 0 fully saturated rings. The van der Waals surface area contributed by atoms with Gasteiger partial charge < -0.3 is 9.47 Å². The van der Waals surface area contributed by atoms with Gasteiger partial charge in [0.05, 0.1) is 0 Å². The van der Waals surface area contributed by atoms with Crippen LogP contribution in [0.5, 0.6) is 11.5 Å². The molecule has 0 aromatic heterocycles.